The zero-order valence-corrected chi connectivity index (χ0v) is 8.21. The van der Waals surface area contributed by atoms with Crippen molar-refractivity contribution in [3.63, 3.8) is 0 Å². The predicted molar refractivity (Wildman–Crippen MR) is 50.3 cm³/mol. The van der Waals surface area contributed by atoms with Gasteiger partial charge in [-0.25, -0.2) is 18.0 Å². The normalized spacial score (nSPS) is 19.7. The Bertz CT molecular complexity index is 518. The summed E-state index contributed by atoms with van der Waals surface area (Å²) in [5, 5.41) is 10.6. The van der Waals surface area contributed by atoms with E-state index in [0.717, 1.165) is 0 Å². The molecule has 2 N–H and O–H groups in total. The first-order valence-corrected chi connectivity index (χ1v) is 4.58. The number of fused-ring (bicyclic) bond motifs is 1. The van der Waals surface area contributed by atoms with Gasteiger partial charge < -0.3 is 10.4 Å². The van der Waals surface area contributed by atoms with E-state index in [2.05, 4.69) is 5.32 Å². The van der Waals surface area contributed by atoms with Crippen LogP contribution in [0.15, 0.2) is 12.1 Å². The van der Waals surface area contributed by atoms with Crippen molar-refractivity contribution in [1.82, 2.24) is 0 Å². The Morgan fingerprint density at radius 2 is 1.94 bits per heavy atom. The SMILES string of the molecule is O=C(O)C(F)C1C(=O)Nc2cc(F)c(F)cc21. The quantitative estimate of drug-likeness (QED) is 0.828. The third kappa shape index (κ3) is 1.73. The number of carbonyl (C=O) groups is 2. The molecule has 2 atom stereocenters. The van der Waals surface area contributed by atoms with Gasteiger partial charge in [-0.05, 0) is 11.6 Å². The molecule has 2 rings (SSSR count). The van der Waals surface area contributed by atoms with Crippen LogP contribution in [0.1, 0.15) is 11.5 Å². The summed E-state index contributed by atoms with van der Waals surface area (Å²) < 4.78 is 39.1. The number of rotatable bonds is 2. The van der Waals surface area contributed by atoms with Crippen LogP contribution in [0.5, 0.6) is 0 Å². The van der Waals surface area contributed by atoms with E-state index < -0.39 is 35.6 Å². The van der Waals surface area contributed by atoms with Crippen molar-refractivity contribution in [2.75, 3.05) is 5.32 Å². The lowest BCUT2D eigenvalue weighted by Crippen LogP contribution is -2.28. The second kappa shape index (κ2) is 3.76. The van der Waals surface area contributed by atoms with Gasteiger partial charge in [0.2, 0.25) is 12.1 Å². The monoisotopic (exact) mass is 245 g/mol. The fourth-order valence-electron chi connectivity index (χ4n) is 1.71. The Hall–Kier alpha value is -2.05. The molecule has 1 aliphatic heterocycles. The molecule has 0 aliphatic carbocycles. The molecule has 17 heavy (non-hydrogen) atoms. The Morgan fingerprint density at radius 1 is 1.35 bits per heavy atom. The van der Waals surface area contributed by atoms with Crippen molar-refractivity contribution in [2.45, 2.75) is 12.1 Å². The smallest absolute Gasteiger partial charge is 0.339 e. The molecule has 0 saturated carbocycles. The number of alkyl halides is 1. The summed E-state index contributed by atoms with van der Waals surface area (Å²) in [6.07, 6.45) is -2.50. The first-order chi connectivity index (χ1) is 7.91. The third-order valence-corrected chi connectivity index (χ3v) is 2.50. The predicted octanol–water partition coefficient (Wildman–Crippen LogP) is 1.42. The zero-order chi connectivity index (χ0) is 12.7. The highest BCUT2D eigenvalue weighted by molar-refractivity contribution is 6.05. The van der Waals surface area contributed by atoms with Crippen LogP contribution >= 0.6 is 0 Å². The van der Waals surface area contributed by atoms with Crippen LogP contribution in [0.25, 0.3) is 0 Å². The lowest BCUT2D eigenvalue weighted by atomic mass is 9.95. The van der Waals surface area contributed by atoms with E-state index in [-0.39, 0.29) is 11.3 Å². The van der Waals surface area contributed by atoms with E-state index >= 15 is 0 Å². The minimum Gasteiger partial charge on any atom is -0.479 e. The highest BCUT2D eigenvalue weighted by Crippen LogP contribution is 2.37. The zero-order valence-electron chi connectivity index (χ0n) is 8.21. The van der Waals surface area contributed by atoms with Gasteiger partial charge in [-0.15, -0.1) is 0 Å². The van der Waals surface area contributed by atoms with Crippen LogP contribution in [0.4, 0.5) is 18.9 Å². The number of halogens is 3. The molecular weight excluding hydrogens is 239 g/mol. The Morgan fingerprint density at radius 3 is 2.53 bits per heavy atom. The fraction of sp³-hybridized carbons (Fsp3) is 0.200. The van der Waals surface area contributed by atoms with Crippen molar-refractivity contribution < 1.29 is 27.9 Å². The third-order valence-electron chi connectivity index (χ3n) is 2.50. The van der Waals surface area contributed by atoms with Gasteiger partial charge in [0.15, 0.2) is 11.6 Å². The van der Waals surface area contributed by atoms with E-state index in [0.29, 0.717) is 12.1 Å². The van der Waals surface area contributed by atoms with Crippen molar-refractivity contribution in [3.8, 4) is 0 Å². The molecule has 0 bridgehead atoms. The van der Waals surface area contributed by atoms with E-state index in [1.807, 2.05) is 0 Å². The van der Waals surface area contributed by atoms with Crippen LogP contribution in [-0.2, 0) is 9.59 Å². The molecule has 2 unspecified atom stereocenters. The number of carbonyl (C=O) groups excluding carboxylic acids is 1. The van der Waals surface area contributed by atoms with Crippen LogP contribution < -0.4 is 5.32 Å². The van der Waals surface area contributed by atoms with Crippen molar-refractivity contribution in [1.29, 1.82) is 0 Å². The van der Waals surface area contributed by atoms with Gasteiger partial charge in [-0.1, -0.05) is 0 Å². The summed E-state index contributed by atoms with van der Waals surface area (Å²) in [6.45, 7) is 0. The van der Waals surface area contributed by atoms with Crippen LogP contribution in [-0.4, -0.2) is 23.2 Å². The average molecular weight is 245 g/mol. The lowest BCUT2D eigenvalue weighted by Gasteiger charge is -2.10. The van der Waals surface area contributed by atoms with Gasteiger partial charge in [-0.2, -0.15) is 0 Å². The molecule has 1 amide bonds. The molecule has 0 fully saturated rings. The number of hydrogen-bond acceptors (Lipinski definition) is 2. The summed E-state index contributed by atoms with van der Waals surface area (Å²) >= 11 is 0. The van der Waals surface area contributed by atoms with Crippen LogP contribution in [0, 0.1) is 11.6 Å². The highest BCUT2D eigenvalue weighted by Gasteiger charge is 2.41. The Labute approximate surface area is 93.0 Å². The number of aliphatic carboxylic acids is 1. The number of carboxylic acids is 1. The number of hydrogen-bond donors (Lipinski definition) is 2. The molecule has 1 aromatic rings. The molecule has 4 nitrogen and oxygen atoms in total. The molecule has 90 valence electrons. The number of benzene rings is 1. The van der Waals surface area contributed by atoms with E-state index in [4.69, 9.17) is 5.11 Å². The van der Waals surface area contributed by atoms with Crippen LogP contribution in [0.3, 0.4) is 0 Å². The number of anilines is 1. The maximum Gasteiger partial charge on any atom is 0.339 e. The summed E-state index contributed by atoms with van der Waals surface area (Å²) in [7, 11) is 0. The minimum absolute atomic E-state index is 0.109. The second-order valence-corrected chi connectivity index (χ2v) is 3.56. The van der Waals surface area contributed by atoms with Crippen molar-refractivity contribution >= 4 is 17.6 Å². The molecule has 1 heterocycles. The van der Waals surface area contributed by atoms with Gasteiger partial charge in [0, 0.05) is 11.8 Å². The molecule has 7 heteroatoms. The number of nitrogens with one attached hydrogen (secondary N) is 1. The summed E-state index contributed by atoms with van der Waals surface area (Å²) in [5.41, 5.74) is -0.299. The lowest BCUT2D eigenvalue weighted by molar-refractivity contribution is -0.145. The molecule has 0 spiro atoms. The minimum atomic E-state index is -2.50. The number of carboxylic acid groups (broad SMARTS) is 1. The van der Waals surface area contributed by atoms with Gasteiger partial charge in [0.1, 0.15) is 5.92 Å². The molecule has 1 aromatic carbocycles. The summed E-state index contributed by atoms with van der Waals surface area (Å²) in [4.78, 5) is 21.8. The van der Waals surface area contributed by atoms with E-state index in [1.165, 1.54) is 0 Å². The van der Waals surface area contributed by atoms with Gasteiger partial charge >= 0.3 is 5.97 Å². The largest absolute Gasteiger partial charge is 0.479 e. The van der Waals surface area contributed by atoms with E-state index in [9.17, 15) is 22.8 Å². The van der Waals surface area contributed by atoms with Crippen molar-refractivity contribution in [2.24, 2.45) is 0 Å². The van der Waals surface area contributed by atoms with Crippen molar-refractivity contribution in [3.05, 3.63) is 29.3 Å². The maximum atomic E-state index is 13.3. The van der Waals surface area contributed by atoms with Gasteiger partial charge in [-0.3, -0.25) is 4.79 Å². The van der Waals surface area contributed by atoms with Gasteiger partial charge in [0.05, 0.1) is 0 Å². The van der Waals surface area contributed by atoms with Crippen LogP contribution in [0.2, 0.25) is 0 Å². The summed E-state index contributed by atoms with van der Waals surface area (Å²) in [6, 6.07) is 1.32. The maximum absolute atomic E-state index is 13.3. The Balaban J connectivity index is 2.50. The second-order valence-electron chi connectivity index (χ2n) is 3.56. The molecule has 1 aliphatic rings. The molecular formula is C10H6F3NO3. The topological polar surface area (TPSA) is 66.4 Å². The summed E-state index contributed by atoms with van der Waals surface area (Å²) in [5.74, 6) is -6.88. The average Bonchev–Trinajstić information content (AvgIpc) is 2.53. The molecule has 0 saturated heterocycles. The Kier molecular flexibility index (Phi) is 2.53. The fourth-order valence-corrected chi connectivity index (χ4v) is 1.71. The molecule has 0 radical (unpaired) electrons. The van der Waals surface area contributed by atoms with E-state index in [1.54, 1.807) is 0 Å². The highest BCUT2D eigenvalue weighted by atomic mass is 19.2. The standard InChI is InChI=1S/C10H6F3NO3/c11-4-1-3-6(2-5(4)12)14-9(15)7(3)8(13)10(16)17/h1-2,7-8H,(H,14,15)(H,16,17). The number of amides is 1. The first kappa shape index (κ1) is 11.4. The molecule has 0 aromatic heterocycles. The van der Waals surface area contributed by atoms with Gasteiger partial charge in [0.25, 0.3) is 0 Å². The first-order valence-electron chi connectivity index (χ1n) is 4.58.